The van der Waals surface area contributed by atoms with Crippen molar-refractivity contribution in [2.45, 2.75) is 6.61 Å². The number of nitro groups is 1. The van der Waals surface area contributed by atoms with Gasteiger partial charge in [0.15, 0.2) is 11.6 Å². The van der Waals surface area contributed by atoms with Crippen LogP contribution in [0.2, 0.25) is 10.2 Å². The lowest BCUT2D eigenvalue weighted by Crippen LogP contribution is -2.02. The van der Waals surface area contributed by atoms with Crippen LogP contribution in [0.15, 0.2) is 24.3 Å². The van der Waals surface area contributed by atoms with Gasteiger partial charge in [-0.05, 0) is 12.1 Å². The number of pyridine rings is 1. The van der Waals surface area contributed by atoms with E-state index in [4.69, 9.17) is 27.9 Å². The first-order valence-corrected chi connectivity index (χ1v) is 6.21. The molecule has 0 fully saturated rings. The highest BCUT2D eigenvalue weighted by Gasteiger charge is 2.19. The normalized spacial score (nSPS) is 10.5. The fourth-order valence-electron chi connectivity index (χ4n) is 1.47. The van der Waals surface area contributed by atoms with Gasteiger partial charge in [-0.15, -0.1) is 0 Å². The van der Waals surface area contributed by atoms with E-state index in [-0.39, 0.29) is 22.5 Å². The van der Waals surface area contributed by atoms with Gasteiger partial charge in [-0.3, -0.25) is 10.1 Å². The number of aromatic nitrogens is 1. The van der Waals surface area contributed by atoms with Crippen LogP contribution in [0.25, 0.3) is 0 Å². The van der Waals surface area contributed by atoms with Crippen LogP contribution in [0.4, 0.5) is 14.5 Å². The number of hydrogen-bond donors (Lipinski definition) is 0. The maximum atomic E-state index is 13.6. The zero-order chi connectivity index (χ0) is 15.6. The van der Waals surface area contributed by atoms with Crippen LogP contribution in [0.5, 0.6) is 5.75 Å². The summed E-state index contributed by atoms with van der Waals surface area (Å²) >= 11 is 11.5. The van der Waals surface area contributed by atoms with Crippen molar-refractivity contribution in [1.29, 1.82) is 0 Å². The monoisotopic (exact) mass is 334 g/mol. The van der Waals surface area contributed by atoms with Crippen molar-refractivity contribution in [2.24, 2.45) is 0 Å². The summed E-state index contributed by atoms with van der Waals surface area (Å²) in [5.41, 5.74) is -0.749. The quantitative estimate of drug-likeness (QED) is 0.478. The van der Waals surface area contributed by atoms with E-state index in [1.54, 1.807) is 0 Å². The van der Waals surface area contributed by atoms with E-state index in [9.17, 15) is 18.9 Å². The van der Waals surface area contributed by atoms with Gasteiger partial charge in [-0.2, -0.15) is 4.39 Å². The van der Waals surface area contributed by atoms with Gasteiger partial charge in [0.25, 0.3) is 0 Å². The van der Waals surface area contributed by atoms with Gasteiger partial charge in [0.2, 0.25) is 5.82 Å². The molecule has 0 aliphatic carbocycles. The molecule has 0 aliphatic heterocycles. The third kappa shape index (κ3) is 3.56. The molecule has 0 radical (unpaired) electrons. The summed E-state index contributed by atoms with van der Waals surface area (Å²) < 4.78 is 32.0. The molecule has 0 N–H and O–H groups in total. The molecule has 1 heterocycles. The van der Waals surface area contributed by atoms with E-state index in [0.29, 0.717) is 12.1 Å². The zero-order valence-corrected chi connectivity index (χ0v) is 11.7. The number of nitrogens with zero attached hydrogens (tertiary/aromatic N) is 2. The van der Waals surface area contributed by atoms with E-state index < -0.39 is 28.0 Å². The number of benzene rings is 1. The topological polar surface area (TPSA) is 65.3 Å². The molecule has 0 bridgehead atoms. The summed E-state index contributed by atoms with van der Waals surface area (Å²) in [6, 6.07) is 3.96. The van der Waals surface area contributed by atoms with Crippen LogP contribution in [-0.2, 0) is 6.61 Å². The first-order valence-electron chi connectivity index (χ1n) is 5.45. The second-order valence-corrected chi connectivity index (χ2v) is 4.64. The first-order chi connectivity index (χ1) is 9.88. The number of hydrogen-bond acceptors (Lipinski definition) is 4. The molecule has 0 saturated heterocycles. The minimum Gasteiger partial charge on any atom is -0.484 e. The molecule has 1 aromatic carbocycles. The van der Waals surface area contributed by atoms with Crippen molar-refractivity contribution in [2.75, 3.05) is 0 Å². The Morgan fingerprint density at radius 3 is 2.62 bits per heavy atom. The lowest BCUT2D eigenvalue weighted by molar-refractivity contribution is -0.387. The lowest BCUT2D eigenvalue weighted by atomic mass is 10.3. The molecule has 0 saturated carbocycles. The summed E-state index contributed by atoms with van der Waals surface area (Å²) in [7, 11) is 0. The fraction of sp³-hybridized carbons (Fsp3) is 0.0833. The average molecular weight is 335 g/mol. The van der Waals surface area contributed by atoms with Gasteiger partial charge in [0, 0.05) is 6.07 Å². The van der Waals surface area contributed by atoms with Crippen molar-refractivity contribution >= 4 is 28.9 Å². The van der Waals surface area contributed by atoms with Gasteiger partial charge in [0.1, 0.15) is 11.8 Å². The molecular weight excluding hydrogens is 329 g/mol. The van der Waals surface area contributed by atoms with Crippen molar-refractivity contribution in [3.63, 3.8) is 0 Å². The van der Waals surface area contributed by atoms with E-state index in [2.05, 4.69) is 4.98 Å². The number of rotatable bonds is 4. The highest BCUT2D eigenvalue weighted by Crippen LogP contribution is 2.27. The molecule has 0 spiro atoms. The summed E-state index contributed by atoms with van der Waals surface area (Å²) in [5.74, 6) is -2.77. The predicted octanol–water partition coefficient (Wildman–Crippen LogP) is 4.15. The second kappa shape index (κ2) is 6.19. The molecule has 2 aromatic rings. The van der Waals surface area contributed by atoms with E-state index in [1.807, 2.05) is 0 Å². The fourth-order valence-corrected chi connectivity index (χ4v) is 1.80. The van der Waals surface area contributed by atoms with Crippen LogP contribution in [0.3, 0.4) is 0 Å². The SMILES string of the molecule is O=[N+]([O-])c1cc(F)c(OCc2nc(Cl)ccc2Cl)cc1F. The third-order valence-corrected chi connectivity index (χ3v) is 3.00. The molecule has 0 amide bonds. The van der Waals surface area contributed by atoms with Crippen LogP contribution < -0.4 is 4.74 Å². The van der Waals surface area contributed by atoms with Gasteiger partial charge in [-0.1, -0.05) is 23.2 Å². The number of ether oxygens (including phenoxy) is 1. The molecule has 0 atom stereocenters. The lowest BCUT2D eigenvalue weighted by Gasteiger charge is -2.08. The van der Waals surface area contributed by atoms with E-state index >= 15 is 0 Å². The minimum absolute atomic E-state index is 0.161. The van der Waals surface area contributed by atoms with Crippen LogP contribution in [-0.4, -0.2) is 9.91 Å². The Kier molecular flexibility index (Phi) is 4.54. The average Bonchev–Trinajstić information content (AvgIpc) is 2.42. The van der Waals surface area contributed by atoms with E-state index in [1.165, 1.54) is 12.1 Å². The predicted molar refractivity (Wildman–Crippen MR) is 71.6 cm³/mol. The second-order valence-electron chi connectivity index (χ2n) is 3.84. The Balaban J connectivity index is 2.22. The molecule has 21 heavy (non-hydrogen) atoms. The Hall–Kier alpha value is -1.99. The standard InChI is InChI=1S/C12H6Cl2F2N2O3/c13-6-1-2-12(14)17-9(6)5-21-11-4-7(15)10(18(19)20)3-8(11)16/h1-4H,5H2. The van der Waals surface area contributed by atoms with Gasteiger partial charge < -0.3 is 4.74 Å². The Morgan fingerprint density at radius 2 is 1.95 bits per heavy atom. The Morgan fingerprint density at radius 1 is 1.24 bits per heavy atom. The highest BCUT2D eigenvalue weighted by atomic mass is 35.5. The molecule has 2 rings (SSSR count). The van der Waals surface area contributed by atoms with E-state index in [0.717, 1.165) is 0 Å². The molecule has 0 aliphatic rings. The Labute approximate surface area is 127 Å². The van der Waals surface area contributed by atoms with Crippen molar-refractivity contribution in [3.8, 4) is 5.75 Å². The van der Waals surface area contributed by atoms with Gasteiger partial charge in [0.05, 0.1) is 21.7 Å². The third-order valence-electron chi connectivity index (χ3n) is 2.45. The molecule has 9 heteroatoms. The van der Waals surface area contributed by atoms with Gasteiger partial charge >= 0.3 is 5.69 Å². The number of nitro benzene ring substituents is 1. The Bertz CT molecular complexity index is 713. The van der Waals surface area contributed by atoms with Crippen molar-refractivity contribution < 1.29 is 18.4 Å². The summed E-state index contributed by atoms with van der Waals surface area (Å²) in [6.07, 6.45) is 0. The molecule has 5 nitrogen and oxygen atoms in total. The minimum atomic E-state index is -1.21. The smallest absolute Gasteiger partial charge is 0.307 e. The summed E-state index contributed by atoms with van der Waals surface area (Å²) in [6.45, 7) is -0.270. The van der Waals surface area contributed by atoms with Crippen LogP contribution >= 0.6 is 23.2 Å². The van der Waals surface area contributed by atoms with Gasteiger partial charge in [-0.25, -0.2) is 9.37 Å². The molecular formula is C12H6Cl2F2N2O3. The van der Waals surface area contributed by atoms with Crippen molar-refractivity contribution in [1.82, 2.24) is 4.98 Å². The van der Waals surface area contributed by atoms with Crippen LogP contribution in [0.1, 0.15) is 5.69 Å². The zero-order valence-electron chi connectivity index (χ0n) is 10.1. The molecule has 110 valence electrons. The first kappa shape index (κ1) is 15.4. The summed E-state index contributed by atoms with van der Waals surface area (Å²) in [4.78, 5) is 13.3. The largest absolute Gasteiger partial charge is 0.484 e. The van der Waals surface area contributed by atoms with Crippen molar-refractivity contribution in [3.05, 3.63) is 61.9 Å². The van der Waals surface area contributed by atoms with Crippen LogP contribution in [0, 0.1) is 21.7 Å². The highest BCUT2D eigenvalue weighted by molar-refractivity contribution is 6.32. The summed E-state index contributed by atoms with van der Waals surface area (Å²) in [5, 5.41) is 10.9. The molecule has 0 unspecified atom stereocenters. The maximum Gasteiger partial charge on any atom is 0.307 e. The molecule has 1 aromatic heterocycles. The maximum absolute atomic E-state index is 13.6. The number of halogens is 4.